The van der Waals surface area contributed by atoms with Crippen LogP contribution in [0.2, 0.25) is 0 Å². The second-order valence-corrected chi connectivity index (χ2v) is 5.41. The molecule has 1 aromatic carbocycles. The molecule has 8 heteroatoms. The molecule has 2 N–H and O–H groups in total. The van der Waals surface area contributed by atoms with E-state index in [2.05, 4.69) is 4.98 Å². The Morgan fingerprint density at radius 3 is 2.59 bits per heavy atom. The Hall–Kier alpha value is -1.90. The third-order valence-electron chi connectivity index (χ3n) is 2.75. The Balaban J connectivity index is 2.20. The van der Waals surface area contributed by atoms with Gasteiger partial charge in [-0.2, -0.15) is 13.2 Å². The summed E-state index contributed by atoms with van der Waals surface area (Å²) in [5.74, 6) is -3.30. The molecule has 2 aromatic rings. The molecule has 1 heterocycles. The third-order valence-corrected chi connectivity index (χ3v) is 3.81. The first-order chi connectivity index (χ1) is 10.2. The fourth-order valence-electron chi connectivity index (χ4n) is 1.57. The zero-order valence-corrected chi connectivity index (χ0v) is 12.1. The Labute approximate surface area is 128 Å². The minimum Gasteiger partial charge on any atom is -0.497 e. The van der Waals surface area contributed by atoms with E-state index in [0.29, 0.717) is 22.0 Å². The van der Waals surface area contributed by atoms with Gasteiger partial charge in [0.15, 0.2) is 5.01 Å². The van der Waals surface area contributed by atoms with E-state index in [9.17, 15) is 13.2 Å². The maximum atomic E-state index is 12.5. The largest absolute Gasteiger partial charge is 0.497 e. The number of methoxy groups -OCH3 is 1. The molecule has 0 aliphatic heterocycles. The first kappa shape index (κ1) is 16.5. The predicted molar refractivity (Wildman–Crippen MR) is 76.2 cm³/mol. The molecule has 118 valence electrons. The van der Waals surface area contributed by atoms with Gasteiger partial charge in [0.1, 0.15) is 5.75 Å². The van der Waals surface area contributed by atoms with Gasteiger partial charge in [0, 0.05) is 11.1 Å². The number of benzene rings is 1. The van der Waals surface area contributed by atoms with Crippen LogP contribution in [-0.2, 0) is 5.79 Å². The van der Waals surface area contributed by atoms with Gasteiger partial charge < -0.3 is 14.9 Å². The summed E-state index contributed by atoms with van der Waals surface area (Å²) in [6.07, 6.45) is -0.880. The molecule has 0 aliphatic carbocycles. The van der Waals surface area contributed by atoms with Crippen molar-refractivity contribution >= 4 is 23.5 Å². The second kappa shape index (κ2) is 6.07. The van der Waals surface area contributed by atoms with Gasteiger partial charge in [-0.1, -0.05) is 18.2 Å². The highest BCUT2D eigenvalue weighted by atomic mass is 32.1. The van der Waals surface area contributed by atoms with Crippen molar-refractivity contribution < 1.29 is 28.1 Å². The molecule has 0 saturated carbocycles. The van der Waals surface area contributed by atoms with Crippen LogP contribution in [0.5, 0.6) is 5.75 Å². The molecule has 4 nitrogen and oxygen atoms in total. The lowest BCUT2D eigenvalue weighted by atomic mass is 10.2. The summed E-state index contributed by atoms with van der Waals surface area (Å²) in [5, 5.41) is 17.4. The first-order valence-electron chi connectivity index (χ1n) is 6.04. The second-order valence-electron chi connectivity index (χ2n) is 4.35. The fourth-order valence-corrected chi connectivity index (χ4v) is 2.40. The number of rotatable bonds is 4. The van der Waals surface area contributed by atoms with Crippen LogP contribution in [0.4, 0.5) is 13.2 Å². The zero-order chi connectivity index (χ0) is 16.4. The van der Waals surface area contributed by atoms with Gasteiger partial charge in [0.2, 0.25) is 0 Å². The van der Waals surface area contributed by atoms with Crippen molar-refractivity contribution in [3.05, 3.63) is 45.9 Å². The highest BCUT2D eigenvalue weighted by Crippen LogP contribution is 2.38. The standard InChI is InChI=1S/C14H12F3NO3S/c1-21-10-4-2-3-9(7-10)5-6-11-8-18-12(22-11)13(19,20)14(15,16)17/h2-8,19-20H,1H3/b6-5+. The Kier molecular flexibility index (Phi) is 4.55. The Bertz CT molecular complexity index is 680. The quantitative estimate of drug-likeness (QED) is 0.846. The third kappa shape index (κ3) is 3.46. The molecule has 22 heavy (non-hydrogen) atoms. The smallest absolute Gasteiger partial charge is 0.450 e. The van der Waals surface area contributed by atoms with Crippen LogP contribution in [0.25, 0.3) is 12.2 Å². The summed E-state index contributed by atoms with van der Waals surface area (Å²) in [4.78, 5) is 3.78. The van der Waals surface area contributed by atoms with Crippen molar-refractivity contribution in [3.63, 3.8) is 0 Å². The number of nitrogens with zero attached hydrogens (tertiary/aromatic N) is 1. The van der Waals surface area contributed by atoms with Gasteiger partial charge in [-0.15, -0.1) is 11.3 Å². The van der Waals surface area contributed by atoms with Crippen molar-refractivity contribution in [2.24, 2.45) is 0 Å². The van der Waals surface area contributed by atoms with Crippen molar-refractivity contribution in [1.29, 1.82) is 0 Å². The van der Waals surface area contributed by atoms with Gasteiger partial charge in [-0.3, -0.25) is 0 Å². The fraction of sp³-hybridized carbons (Fsp3) is 0.214. The highest BCUT2D eigenvalue weighted by Gasteiger charge is 2.56. The molecule has 0 amide bonds. The summed E-state index contributed by atoms with van der Waals surface area (Å²) in [7, 11) is 1.53. The molecule has 2 rings (SSSR count). The summed E-state index contributed by atoms with van der Waals surface area (Å²) in [5.41, 5.74) is 0.782. The average molecular weight is 331 g/mol. The number of aliphatic hydroxyl groups is 2. The van der Waals surface area contributed by atoms with Crippen LogP contribution >= 0.6 is 11.3 Å². The van der Waals surface area contributed by atoms with Crippen molar-refractivity contribution in [2.45, 2.75) is 12.0 Å². The Morgan fingerprint density at radius 1 is 1.23 bits per heavy atom. The molecule has 0 bridgehead atoms. The van der Waals surface area contributed by atoms with Crippen molar-refractivity contribution in [3.8, 4) is 5.75 Å². The van der Waals surface area contributed by atoms with Gasteiger partial charge >= 0.3 is 12.0 Å². The molecule has 0 radical (unpaired) electrons. The van der Waals surface area contributed by atoms with E-state index in [0.717, 1.165) is 11.8 Å². The highest BCUT2D eigenvalue weighted by molar-refractivity contribution is 7.12. The molecular weight excluding hydrogens is 319 g/mol. The molecule has 0 spiro atoms. The number of thiazole rings is 1. The molecule has 0 atom stereocenters. The van der Waals surface area contributed by atoms with E-state index >= 15 is 0 Å². The maximum absolute atomic E-state index is 12.5. The lowest BCUT2D eigenvalue weighted by Gasteiger charge is -2.21. The van der Waals surface area contributed by atoms with Crippen molar-refractivity contribution in [2.75, 3.05) is 7.11 Å². The van der Waals surface area contributed by atoms with E-state index in [4.69, 9.17) is 14.9 Å². The van der Waals surface area contributed by atoms with Crippen molar-refractivity contribution in [1.82, 2.24) is 4.98 Å². The van der Waals surface area contributed by atoms with E-state index in [1.54, 1.807) is 30.3 Å². The Morgan fingerprint density at radius 2 is 1.95 bits per heavy atom. The summed E-state index contributed by atoms with van der Waals surface area (Å²) in [6, 6.07) is 7.07. The van der Waals surface area contributed by atoms with E-state index < -0.39 is 17.0 Å². The number of hydrogen-bond donors (Lipinski definition) is 2. The van der Waals surface area contributed by atoms with Crippen LogP contribution in [0.15, 0.2) is 30.5 Å². The van der Waals surface area contributed by atoms with Crippen LogP contribution < -0.4 is 4.74 Å². The normalized spacial score (nSPS) is 12.8. The summed E-state index contributed by atoms with van der Waals surface area (Å²) >= 11 is 0.547. The molecule has 0 aliphatic rings. The zero-order valence-electron chi connectivity index (χ0n) is 11.3. The van der Waals surface area contributed by atoms with Gasteiger partial charge in [-0.05, 0) is 23.8 Å². The molecule has 0 unspecified atom stereocenters. The minimum atomic E-state index is -5.21. The number of hydrogen-bond acceptors (Lipinski definition) is 5. The summed E-state index contributed by atoms with van der Waals surface area (Å²) in [6.45, 7) is 0. The minimum absolute atomic E-state index is 0.356. The van der Waals surface area contributed by atoms with E-state index in [1.807, 2.05) is 0 Å². The number of aromatic nitrogens is 1. The SMILES string of the molecule is COc1cccc(/C=C/c2cnc(C(O)(O)C(F)(F)F)s2)c1. The van der Waals surface area contributed by atoms with Gasteiger partial charge in [-0.25, -0.2) is 4.98 Å². The lowest BCUT2D eigenvalue weighted by molar-refractivity contribution is -0.358. The molecule has 0 saturated heterocycles. The predicted octanol–water partition coefficient (Wildman–Crippen LogP) is 3.02. The number of halogens is 3. The van der Waals surface area contributed by atoms with Gasteiger partial charge in [0.25, 0.3) is 0 Å². The molecular formula is C14H12F3NO3S. The average Bonchev–Trinajstić information content (AvgIpc) is 2.93. The van der Waals surface area contributed by atoms with Crippen LogP contribution in [0.3, 0.4) is 0 Å². The maximum Gasteiger partial charge on any atom is 0.450 e. The van der Waals surface area contributed by atoms with E-state index in [1.165, 1.54) is 13.2 Å². The first-order valence-corrected chi connectivity index (χ1v) is 6.85. The molecule has 1 aromatic heterocycles. The molecule has 0 fully saturated rings. The van der Waals surface area contributed by atoms with Gasteiger partial charge in [0.05, 0.1) is 7.11 Å². The summed E-state index contributed by atoms with van der Waals surface area (Å²) < 4.78 is 42.6. The van der Waals surface area contributed by atoms with Crippen LogP contribution in [0.1, 0.15) is 15.4 Å². The lowest BCUT2D eigenvalue weighted by Crippen LogP contribution is -2.41. The van der Waals surface area contributed by atoms with Crippen LogP contribution in [0, 0.1) is 0 Å². The number of ether oxygens (including phenoxy) is 1. The topological polar surface area (TPSA) is 62.6 Å². The van der Waals surface area contributed by atoms with Crippen LogP contribution in [-0.4, -0.2) is 28.5 Å². The van der Waals surface area contributed by atoms with E-state index in [-0.39, 0.29) is 0 Å². The monoisotopic (exact) mass is 331 g/mol. The number of alkyl halides is 3.